The van der Waals surface area contributed by atoms with Crippen molar-refractivity contribution in [3.8, 4) is 0 Å². The highest BCUT2D eigenvalue weighted by Crippen LogP contribution is 2.12. The summed E-state index contributed by atoms with van der Waals surface area (Å²) in [6.45, 7) is 4.50. The molecule has 0 aliphatic rings. The van der Waals surface area contributed by atoms with Gasteiger partial charge in [-0.15, -0.1) is 0 Å². The minimum atomic E-state index is -0.289. The van der Waals surface area contributed by atoms with Gasteiger partial charge in [0, 0.05) is 18.7 Å². The van der Waals surface area contributed by atoms with Crippen LogP contribution in [-0.2, 0) is 11.3 Å². The van der Waals surface area contributed by atoms with Crippen LogP contribution in [0.1, 0.15) is 36.4 Å². The van der Waals surface area contributed by atoms with Gasteiger partial charge in [0.05, 0.1) is 6.26 Å². The first-order valence-electron chi connectivity index (χ1n) is 7.25. The van der Waals surface area contributed by atoms with Gasteiger partial charge in [-0.25, -0.2) is 0 Å². The van der Waals surface area contributed by atoms with E-state index in [2.05, 4.69) is 10.6 Å². The largest absolute Gasteiger partial charge is 0.459 e. The first kappa shape index (κ1) is 15.8. The smallest absolute Gasteiger partial charge is 0.291 e. The standard InChI is InChI=1S/C17H20N2O3/c1-12(2)10-16(20)18-11-13-5-7-14(8-6-13)19-17(21)15-4-3-9-22-15/h3-9,12H,10-11H2,1-2H3,(H,18,20)(H,19,21). The van der Waals surface area contributed by atoms with Crippen LogP contribution in [0.5, 0.6) is 0 Å². The molecule has 0 aliphatic heterocycles. The summed E-state index contributed by atoms with van der Waals surface area (Å²) in [4.78, 5) is 23.4. The Bertz CT molecular complexity index is 616. The van der Waals surface area contributed by atoms with E-state index >= 15 is 0 Å². The molecule has 0 spiro atoms. The fourth-order valence-corrected chi connectivity index (χ4v) is 1.95. The monoisotopic (exact) mass is 300 g/mol. The van der Waals surface area contributed by atoms with E-state index in [1.54, 1.807) is 24.3 Å². The average molecular weight is 300 g/mol. The normalized spacial score (nSPS) is 10.5. The van der Waals surface area contributed by atoms with Gasteiger partial charge in [0.15, 0.2) is 5.76 Å². The summed E-state index contributed by atoms with van der Waals surface area (Å²) in [7, 11) is 0. The Morgan fingerprint density at radius 3 is 2.45 bits per heavy atom. The minimum Gasteiger partial charge on any atom is -0.459 e. The molecule has 1 heterocycles. The third-order valence-electron chi connectivity index (χ3n) is 3.04. The van der Waals surface area contributed by atoms with Crippen LogP contribution in [0.25, 0.3) is 0 Å². The van der Waals surface area contributed by atoms with Gasteiger partial charge in [-0.3, -0.25) is 9.59 Å². The van der Waals surface area contributed by atoms with Crippen molar-refractivity contribution in [1.82, 2.24) is 5.32 Å². The second-order valence-electron chi connectivity index (χ2n) is 5.50. The lowest BCUT2D eigenvalue weighted by atomic mass is 10.1. The van der Waals surface area contributed by atoms with Gasteiger partial charge >= 0.3 is 0 Å². The number of furan rings is 1. The molecule has 0 aliphatic carbocycles. The highest BCUT2D eigenvalue weighted by molar-refractivity contribution is 6.02. The van der Waals surface area contributed by atoms with Crippen molar-refractivity contribution in [1.29, 1.82) is 0 Å². The van der Waals surface area contributed by atoms with Gasteiger partial charge in [-0.2, -0.15) is 0 Å². The maximum absolute atomic E-state index is 11.8. The number of anilines is 1. The van der Waals surface area contributed by atoms with Crippen molar-refractivity contribution in [3.63, 3.8) is 0 Å². The molecule has 116 valence electrons. The third-order valence-corrected chi connectivity index (χ3v) is 3.04. The van der Waals surface area contributed by atoms with Crippen LogP contribution in [0.3, 0.4) is 0 Å². The van der Waals surface area contributed by atoms with Crippen LogP contribution in [0.2, 0.25) is 0 Å². The lowest BCUT2D eigenvalue weighted by Gasteiger charge is -2.08. The van der Waals surface area contributed by atoms with Gasteiger partial charge in [0.25, 0.3) is 5.91 Å². The number of nitrogens with one attached hydrogen (secondary N) is 2. The fourth-order valence-electron chi connectivity index (χ4n) is 1.95. The lowest BCUT2D eigenvalue weighted by Crippen LogP contribution is -2.23. The molecule has 1 aromatic heterocycles. The van der Waals surface area contributed by atoms with Crippen molar-refractivity contribution in [2.75, 3.05) is 5.32 Å². The molecule has 0 atom stereocenters. The summed E-state index contributed by atoms with van der Waals surface area (Å²) < 4.78 is 5.03. The summed E-state index contributed by atoms with van der Waals surface area (Å²) >= 11 is 0. The van der Waals surface area contributed by atoms with Crippen LogP contribution in [0, 0.1) is 5.92 Å². The molecule has 5 heteroatoms. The lowest BCUT2D eigenvalue weighted by molar-refractivity contribution is -0.121. The van der Waals surface area contributed by atoms with E-state index in [9.17, 15) is 9.59 Å². The van der Waals surface area contributed by atoms with Crippen LogP contribution in [-0.4, -0.2) is 11.8 Å². The summed E-state index contributed by atoms with van der Waals surface area (Å²) in [5, 5.41) is 5.61. The van der Waals surface area contributed by atoms with Gasteiger partial charge < -0.3 is 15.1 Å². The third kappa shape index (κ3) is 4.77. The van der Waals surface area contributed by atoms with Crippen molar-refractivity contribution in [2.45, 2.75) is 26.8 Å². The number of hydrogen-bond acceptors (Lipinski definition) is 3. The molecule has 0 fully saturated rings. The first-order chi connectivity index (χ1) is 10.5. The molecule has 2 rings (SSSR count). The summed E-state index contributed by atoms with van der Waals surface area (Å²) in [6, 6.07) is 10.6. The molecule has 1 aromatic carbocycles. The number of rotatable bonds is 6. The number of carbonyl (C=O) groups is 2. The van der Waals surface area contributed by atoms with E-state index in [1.165, 1.54) is 6.26 Å². The zero-order chi connectivity index (χ0) is 15.9. The van der Waals surface area contributed by atoms with Crippen molar-refractivity contribution in [2.24, 2.45) is 5.92 Å². The number of carbonyl (C=O) groups excluding carboxylic acids is 2. The Morgan fingerprint density at radius 1 is 1.14 bits per heavy atom. The number of amides is 2. The Balaban J connectivity index is 1.85. The molecular weight excluding hydrogens is 280 g/mol. The van der Waals surface area contributed by atoms with E-state index in [0.717, 1.165) is 5.56 Å². The summed E-state index contributed by atoms with van der Waals surface area (Å²) in [6.07, 6.45) is 1.98. The second kappa shape index (κ2) is 7.45. The summed E-state index contributed by atoms with van der Waals surface area (Å²) in [5.74, 6) is 0.373. The molecule has 0 saturated heterocycles. The highest BCUT2D eigenvalue weighted by Gasteiger charge is 2.08. The maximum atomic E-state index is 11.8. The van der Waals surface area contributed by atoms with E-state index < -0.39 is 0 Å². The number of hydrogen-bond donors (Lipinski definition) is 2. The Labute approximate surface area is 129 Å². The minimum absolute atomic E-state index is 0.0465. The topological polar surface area (TPSA) is 71.3 Å². The predicted octanol–water partition coefficient (Wildman–Crippen LogP) is 3.19. The van der Waals surface area contributed by atoms with E-state index in [0.29, 0.717) is 24.6 Å². The molecule has 0 radical (unpaired) electrons. The average Bonchev–Trinajstić information content (AvgIpc) is 3.00. The Morgan fingerprint density at radius 2 is 1.86 bits per heavy atom. The van der Waals surface area contributed by atoms with E-state index in [1.807, 2.05) is 26.0 Å². The van der Waals surface area contributed by atoms with Crippen LogP contribution in [0.4, 0.5) is 5.69 Å². The van der Waals surface area contributed by atoms with Gasteiger partial charge in [0.2, 0.25) is 5.91 Å². The van der Waals surface area contributed by atoms with E-state index in [-0.39, 0.29) is 17.6 Å². The number of benzene rings is 1. The van der Waals surface area contributed by atoms with Gasteiger partial charge in [-0.05, 0) is 35.7 Å². The zero-order valence-electron chi connectivity index (χ0n) is 12.8. The Kier molecular flexibility index (Phi) is 5.36. The van der Waals surface area contributed by atoms with Crippen molar-refractivity contribution < 1.29 is 14.0 Å². The second-order valence-corrected chi connectivity index (χ2v) is 5.50. The zero-order valence-corrected chi connectivity index (χ0v) is 12.8. The molecule has 2 aromatic rings. The highest BCUT2D eigenvalue weighted by atomic mass is 16.3. The van der Waals surface area contributed by atoms with E-state index in [4.69, 9.17) is 4.42 Å². The molecule has 0 bridgehead atoms. The molecule has 22 heavy (non-hydrogen) atoms. The SMILES string of the molecule is CC(C)CC(=O)NCc1ccc(NC(=O)c2ccco2)cc1. The molecule has 5 nitrogen and oxygen atoms in total. The first-order valence-corrected chi connectivity index (χ1v) is 7.25. The Hall–Kier alpha value is -2.56. The van der Waals surface area contributed by atoms with Crippen LogP contribution in [0.15, 0.2) is 47.1 Å². The molecule has 0 unspecified atom stereocenters. The molecular formula is C17H20N2O3. The van der Waals surface area contributed by atoms with Gasteiger partial charge in [-0.1, -0.05) is 26.0 Å². The van der Waals surface area contributed by atoms with Crippen molar-refractivity contribution in [3.05, 3.63) is 54.0 Å². The molecule has 0 saturated carbocycles. The molecule has 2 N–H and O–H groups in total. The maximum Gasteiger partial charge on any atom is 0.291 e. The summed E-state index contributed by atoms with van der Waals surface area (Å²) in [5.41, 5.74) is 1.66. The quantitative estimate of drug-likeness (QED) is 0.860. The predicted molar refractivity (Wildman–Crippen MR) is 84.4 cm³/mol. The molecule has 2 amide bonds. The fraction of sp³-hybridized carbons (Fsp3) is 0.294. The van der Waals surface area contributed by atoms with Crippen molar-refractivity contribution >= 4 is 17.5 Å². The van der Waals surface area contributed by atoms with Crippen LogP contribution < -0.4 is 10.6 Å². The van der Waals surface area contributed by atoms with Crippen LogP contribution >= 0.6 is 0 Å². The van der Waals surface area contributed by atoms with Gasteiger partial charge in [0.1, 0.15) is 0 Å².